The number of hydrogen-bond donors (Lipinski definition) is 1. The number of rotatable bonds is 9. The van der Waals surface area contributed by atoms with Gasteiger partial charge in [0.05, 0.1) is 31.4 Å². The Morgan fingerprint density at radius 2 is 1.71 bits per heavy atom. The molecular formula is C28H35NO6. The molecule has 1 unspecified atom stereocenters. The monoisotopic (exact) mass is 481 g/mol. The van der Waals surface area contributed by atoms with Crippen molar-refractivity contribution in [2.24, 2.45) is 0 Å². The van der Waals surface area contributed by atoms with E-state index in [1.54, 1.807) is 19.2 Å². The van der Waals surface area contributed by atoms with E-state index in [4.69, 9.17) is 14.2 Å². The molecule has 1 aliphatic rings. The van der Waals surface area contributed by atoms with Crippen molar-refractivity contribution in [1.29, 1.82) is 0 Å². The maximum atomic E-state index is 13.2. The van der Waals surface area contributed by atoms with Crippen molar-refractivity contribution >= 4 is 17.4 Å². The van der Waals surface area contributed by atoms with Crippen molar-refractivity contribution in [3.8, 4) is 11.5 Å². The topological polar surface area (TPSA) is 85.3 Å². The summed E-state index contributed by atoms with van der Waals surface area (Å²) in [5.74, 6) is -0.0424. The molecule has 2 aromatic carbocycles. The molecule has 1 saturated heterocycles. The van der Waals surface area contributed by atoms with Gasteiger partial charge in [0, 0.05) is 19.2 Å². The Kier molecular flexibility index (Phi) is 8.22. The lowest BCUT2D eigenvalue weighted by Crippen LogP contribution is -2.32. The minimum absolute atomic E-state index is 0.0152. The van der Waals surface area contributed by atoms with Crippen LogP contribution in [-0.4, -0.2) is 55.2 Å². The number of carbonyl (C=O) groups excluding carboxylic acids is 2. The van der Waals surface area contributed by atoms with Crippen LogP contribution in [0.5, 0.6) is 11.5 Å². The van der Waals surface area contributed by atoms with Crippen molar-refractivity contribution in [1.82, 2.24) is 4.90 Å². The molecule has 35 heavy (non-hydrogen) atoms. The van der Waals surface area contributed by atoms with E-state index in [1.165, 1.54) is 12.0 Å². The van der Waals surface area contributed by atoms with Crippen LogP contribution in [0.15, 0.2) is 42.0 Å². The van der Waals surface area contributed by atoms with Gasteiger partial charge in [0.2, 0.25) is 0 Å². The van der Waals surface area contributed by atoms with Gasteiger partial charge in [-0.15, -0.1) is 0 Å². The number of aliphatic hydroxyl groups is 1. The second kappa shape index (κ2) is 11.0. The maximum Gasteiger partial charge on any atom is 0.295 e. The summed E-state index contributed by atoms with van der Waals surface area (Å²) < 4.78 is 16.4. The lowest BCUT2D eigenvalue weighted by molar-refractivity contribution is -0.140. The highest BCUT2D eigenvalue weighted by molar-refractivity contribution is 6.46. The van der Waals surface area contributed by atoms with E-state index in [0.717, 1.165) is 11.1 Å². The van der Waals surface area contributed by atoms with Gasteiger partial charge in [0.15, 0.2) is 0 Å². The van der Waals surface area contributed by atoms with Gasteiger partial charge in [-0.05, 0) is 67.6 Å². The quantitative estimate of drug-likeness (QED) is 0.309. The Hall–Kier alpha value is -3.32. The van der Waals surface area contributed by atoms with E-state index in [1.807, 2.05) is 58.9 Å². The maximum absolute atomic E-state index is 13.2. The number of nitrogens with zero attached hydrogens (tertiary/aromatic N) is 1. The van der Waals surface area contributed by atoms with Crippen LogP contribution in [0.1, 0.15) is 61.9 Å². The van der Waals surface area contributed by atoms with Gasteiger partial charge < -0.3 is 24.2 Å². The largest absolute Gasteiger partial charge is 0.507 e. The van der Waals surface area contributed by atoms with Crippen LogP contribution >= 0.6 is 0 Å². The molecule has 1 aliphatic heterocycles. The van der Waals surface area contributed by atoms with Crippen LogP contribution < -0.4 is 9.47 Å². The number of aryl methyl sites for hydroxylation is 1. The number of amides is 1. The van der Waals surface area contributed by atoms with Gasteiger partial charge >= 0.3 is 0 Å². The Labute approximate surface area is 207 Å². The fourth-order valence-electron chi connectivity index (χ4n) is 4.37. The second-order valence-electron chi connectivity index (χ2n) is 9.28. The molecule has 0 aliphatic carbocycles. The first-order valence-corrected chi connectivity index (χ1v) is 11.8. The SMILES string of the molecule is COCCN1C(=O)C(=O)/C(=C(/O)c2cc(C(C)C)c(OC)cc2C)C1c1ccc(OC(C)C)cc1. The van der Waals surface area contributed by atoms with E-state index in [0.29, 0.717) is 22.6 Å². The third-order valence-electron chi connectivity index (χ3n) is 6.10. The standard InChI is InChI=1S/C28H35NO6/c1-16(2)21-15-22(18(5)14-23(21)34-7)26(30)24-25(29(12-13-33-6)28(32)27(24)31)19-8-10-20(11-9-19)35-17(3)4/h8-11,14-17,25,30H,12-13H2,1-7H3/b26-24+. The van der Waals surface area contributed by atoms with Gasteiger partial charge in [-0.1, -0.05) is 26.0 Å². The fraction of sp³-hybridized carbons (Fsp3) is 0.429. The van der Waals surface area contributed by atoms with Crippen molar-refractivity contribution in [3.05, 3.63) is 64.2 Å². The average molecular weight is 482 g/mol. The molecule has 7 nitrogen and oxygen atoms in total. The fourth-order valence-corrected chi connectivity index (χ4v) is 4.37. The summed E-state index contributed by atoms with van der Waals surface area (Å²) in [6, 6.07) is 10.2. The Morgan fingerprint density at radius 1 is 1.06 bits per heavy atom. The third-order valence-corrected chi connectivity index (χ3v) is 6.10. The molecule has 0 aromatic heterocycles. The van der Waals surface area contributed by atoms with Crippen LogP contribution in [0.25, 0.3) is 5.76 Å². The lowest BCUT2D eigenvalue weighted by atomic mass is 9.91. The summed E-state index contributed by atoms with van der Waals surface area (Å²) in [4.78, 5) is 27.7. The van der Waals surface area contributed by atoms with Crippen molar-refractivity contribution < 1.29 is 28.9 Å². The number of methoxy groups -OCH3 is 2. The van der Waals surface area contributed by atoms with E-state index in [2.05, 4.69) is 0 Å². The molecule has 1 heterocycles. The zero-order valence-electron chi connectivity index (χ0n) is 21.5. The molecule has 188 valence electrons. The third kappa shape index (κ3) is 5.35. The smallest absolute Gasteiger partial charge is 0.295 e. The lowest BCUT2D eigenvalue weighted by Gasteiger charge is -2.25. The molecule has 0 saturated carbocycles. The zero-order chi connectivity index (χ0) is 25.9. The second-order valence-corrected chi connectivity index (χ2v) is 9.28. The molecule has 2 aromatic rings. The van der Waals surface area contributed by atoms with Gasteiger partial charge in [-0.2, -0.15) is 0 Å². The first-order chi connectivity index (χ1) is 16.6. The minimum Gasteiger partial charge on any atom is -0.507 e. The highest BCUT2D eigenvalue weighted by atomic mass is 16.5. The summed E-state index contributed by atoms with van der Waals surface area (Å²) in [6.45, 7) is 10.3. The Morgan fingerprint density at radius 3 is 2.26 bits per heavy atom. The molecule has 1 atom stereocenters. The number of Topliss-reactive ketones (excluding diaryl/α,β-unsaturated/α-hetero) is 1. The number of ketones is 1. The molecule has 1 amide bonds. The number of carbonyl (C=O) groups is 2. The van der Waals surface area contributed by atoms with Gasteiger partial charge in [0.1, 0.15) is 17.3 Å². The molecule has 7 heteroatoms. The van der Waals surface area contributed by atoms with Crippen LogP contribution in [0.2, 0.25) is 0 Å². The highest BCUT2D eigenvalue weighted by Crippen LogP contribution is 2.41. The number of likely N-dealkylation sites (tertiary alicyclic amines) is 1. The van der Waals surface area contributed by atoms with Gasteiger partial charge in [0.25, 0.3) is 11.7 Å². The first kappa shape index (κ1) is 26.3. The van der Waals surface area contributed by atoms with Crippen LogP contribution in [0.3, 0.4) is 0 Å². The van der Waals surface area contributed by atoms with Gasteiger partial charge in [-0.3, -0.25) is 9.59 Å². The Balaban J connectivity index is 2.19. The van der Waals surface area contributed by atoms with E-state index < -0.39 is 17.7 Å². The van der Waals surface area contributed by atoms with Crippen molar-refractivity contribution in [2.45, 2.75) is 52.7 Å². The molecule has 1 N–H and O–H groups in total. The molecule has 1 fully saturated rings. The highest BCUT2D eigenvalue weighted by Gasteiger charge is 2.46. The summed E-state index contributed by atoms with van der Waals surface area (Å²) in [5, 5.41) is 11.5. The van der Waals surface area contributed by atoms with E-state index >= 15 is 0 Å². The molecule has 0 radical (unpaired) electrons. The zero-order valence-corrected chi connectivity index (χ0v) is 21.5. The normalized spacial score (nSPS) is 17.5. The minimum atomic E-state index is -0.748. The predicted molar refractivity (Wildman–Crippen MR) is 135 cm³/mol. The van der Waals surface area contributed by atoms with Gasteiger partial charge in [-0.25, -0.2) is 0 Å². The van der Waals surface area contributed by atoms with E-state index in [9.17, 15) is 14.7 Å². The number of aliphatic hydroxyl groups excluding tert-OH is 1. The Bertz CT molecular complexity index is 1120. The summed E-state index contributed by atoms with van der Waals surface area (Å²) in [6.07, 6.45) is 0.0152. The van der Waals surface area contributed by atoms with Crippen LogP contribution in [-0.2, 0) is 14.3 Å². The predicted octanol–water partition coefficient (Wildman–Crippen LogP) is 4.98. The molecule has 0 bridgehead atoms. The number of hydrogen-bond acceptors (Lipinski definition) is 6. The summed E-state index contributed by atoms with van der Waals surface area (Å²) in [5.41, 5.74) is 2.91. The summed E-state index contributed by atoms with van der Waals surface area (Å²) >= 11 is 0. The molecule has 0 spiro atoms. The molecular weight excluding hydrogens is 446 g/mol. The van der Waals surface area contributed by atoms with Crippen LogP contribution in [0.4, 0.5) is 0 Å². The van der Waals surface area contributed by atoms with Crippen LogP contribution in [0, 0.1) is 6.92 Å². The number of ether oxygens (including phenoxy) is 3. The summed E-state index contributed by atoms with van der Waals surface area (Å²) in [7, 11) is 3.14. The average Bonchev–Trinajstić information content (AvgIpc) is 3.06. The molecule has 3 rings (SSSR count). The first-order valence-electron chi connectivity index (χ1n) is 11.8. The number of benzene rings is 2. The van der Waals surface area contributed by atoms with Crippen molar-refractivity contribution in [3.63, 3.8) is 0 Å². The van der Waals surface area contributed by atoms with E-state index in [-0.39, 0.29) is 36.5 Å². The van der Waals surface area contributed by atoms with Crippen molar-refractivity contribution in [2.75, 3.05) is 27.4 Å².